The van der Waals surface area contributed by atoms with Crippen molar-refractivity contribution < 1.29 is 8.42 Å². The lowest BCUT2D eigenvalue weighted by molar-refractivity contribution is 0.337. The summed E-state index contributed by atoms with van der Waals surface area (Å²) in [6.07, 6.45) is 1.05. The minimum Gasteiger partial charge on any atom is -0.397 e. The first-order valence-electron chi connectivity index (χ1n) is 6.66. The Bertz CT molecular complexity index is 588. The van der Waals surface area contributed by atoms with Gasteiger partial charge >= 0.3 is 0 Å². The molecule has 1 atom stereocenters. The minimum absolute atomic E-state index is 0.0540. The highest BCUT2D eigenvalue weighted by atomic mass is 32.2. The van der Waals surface area contributed by atoms with E-state index < -0.39 is 10.0 Å². The molecule has 1 unspecified atom stereocenters. The average molecular weight is 298 g/mol. The highest BCUT2D eigenvalue weighted by Crippen LogP contribution is 2.28. The van der Waals surface area contributed by atoms with Gasteiger partial charge in [-0.2, -0.15) is 0 Å². The van der Waals surface area contributed by atoms with Gasteiger partial charge in [0.1, 0.15) is 0 Å². The van der Waals surface area contributed by atoms with Crippen molar-refractivity contribution in [2.45, 2.75) is 24.3 Å². The van der Waals surface area contributed by atoms with Crippen LogP contribution < -0.4 is 15.8 Å². The van der Waals surface area contributed by atoms with E-state index in [0.717, 1.165) is 31.7 Å². The second kappa shape index (κ2) is 5.59. The largest absolute Gasteiger partial charge is 0.397 e. The molecule has 1 heterocycles. The van der Waals surface area contributed by atoms with Crippen LogP contribution in [0.15, 0.2) is 23.1 Å². The van der Waals surface area contributed by atoms with Crippen molar-refractivity contribution in [3.05, 3.63) is 18.2 Å². The van der Waals surface area contributed by atoms with Crippen LogP contribution in [0.2, 0.25) is 0 Å². The Morgan fingerprint density at radius 1 is 1.30 bits per heavy atom. The Balaban J connectivity index is 2.33. The van der Waals surface area contributed by atoms with Crippen LogP contribution in [-0.2, 0) is 10.0 Å². The smallest absolute Gasteiger partial charge is 0.238 e. The predicted molar refractivity (Wildman–Crippen MR) is 81.1 cm³/mol. The number of nitrogens with zero attached hydrogens (tertiary/aromatic N) is 2. The number of hydrogen-bond acceptors (Lipinski definition) is 5. The molecule has 4 N–H and O–H groups in total. The lowest BCUT2D eigenvalue weighted by Crippen LogP contribution is -2.38. The topological polar surface area (TPSA) is 92.7 Å². The summed E-state index contributed by atoms with van der Waals surface area (Å²) in [5.74, 6) is 0. The first-order chi connectivity index (χ1) is 9.29. The standard InChI is InChI=1S/C13H22N4O2S/c1-10-9-16(2)6-3-7-17(10)13-5-4-11(8-12(13)14)20(15,18)19/h4-5,8,10H,3,6-7,9,14H2,1-2H3,(H2,15,18,19). The molecule has 0 saturated carbocycles. The molecular formula is C13H22N4O2S. The zero-order chi connectivity index (χ0) is 14.9. The van der Waals surface area contributed by atoms with Crippen molar-refractivity contribution in [1.29, 1.82) is 0 Å². The van der Waals surface area contributed by atoms with E-state index in [1.807, 2.05) is 0 Å². The number of nitrogen functional groups attached to an aromatic ring is 1. The van der Waals surface area contributed by atoms with Crippen LogP contribution >= 0.6 is 0 Å². The summed E-state index contributed by atoms with van der Waals surface area (Å²) in [6.45, 7) is 5.06. The number of likely N-dealkylation sites (N-methyl/N-ethyl adjacent to an activating group) is 1. The van der Waals surface area contributed by atoms with Crippen LogP contribution in [0.4, 0.5) is 11.4 Å². The summed E-state index contributed by atoms with van der Waals surface area (Å²) in [6, 6.07) is 5.02. The van der Waals surface area contributed by atoms with Gasteiger partial charge in [0.15, 0.2) is 0 Å². The van der Waals surface area contributed by atoms with E-state index in [9.17, 15) is 8.42 Å². The Morgan fingerprint density at radius 2 is 2.00 bits per heavy atom. The number of nitrogens with two attached hydrogens (primary N) is 2. The van der Waals surface area contributed by atoms with Crippen molar-refractivity contribution in [1.82, 2.24) is 4.90 Å². The number of rotatable bonds is 2. The number of hydrogen-bond donors (Lipinski definition) is 2. The van der Waals surface area contributed by atoms with Crippen LogP contribution in [0.1, 0.15) is 13.3 Å². The van der Waals surface area contributed by atoms with Crippen LogP contribution in [0.3, 0.4) is 0 Å². The molecule has 1 aliphatic rings. The van der Waals surface area contributed by atoms with E-state index in [0.29, 0.717) is 11.7 Å². The van der Waals surface area contributed by atoms with Gasteiger partial charge in [0.2, 0.25) is 10.0 Å². The van der Waals surface area contributed by atoms with E-state index in [-0.39, 0.29) is 4.90 Å². The van der Waals surface area contributed by atoms with Gasteiger partial charge in [-0.3, -0.25) is 0 Å². The maximum atomic E-state index is 11.3. The molecule has 7 heteroatoms. The maximum Gasteiger partial charge on any atom is 0.238 e. The molecule has 0 aliphatic carbocycles. The fraction of sp³-hybridized carbons (Fsp3) is 0.538. The van der Waals surface area contributed by atoms with Gasteiger partial charge in [-0.1, -0.05) is 0 Å². The number of primary sulfonamides is 1. The summed E-state index contributed by atoms with van der Waals surface area (Å²) in [4.78, 5) is 4.57. The third kappa shape index (κ3) is 3.23. The highest BCUT2D eigenvalue weighted by molar-refractivity contribution is 7.89. The molecule has 0 aromatic heterocycles. The summed E-state index contributed by atoms with van der Waals surface area (Å²) in [7, 11) is -1.60. The van der Waals surface area contributed by atoms with Gasteiger partial charge in [0.05, 0.1) is 16.3 Å². The number of anilines is 2. The van der Waals surface area contributed by atoms with E-state index in [2.05, 4.69) is 23.8 Å². The Labute approximate surface area is 120 Å². The summed E-state index contributed by atoms with van der Waals surface area (Å²) >= 11 is 0. The van der Waals surface area contributed by atoms with Crippen LogP contribution in [-0.4, -0.2) is 46.0 Å². The van der Waals surface area contributed by atoms with E-state index in [1.54, 1.807) is 6.07 Å². The average Bonchev–Trinajstić information content (AvgIpc) is 2.49. The zero-order valence-corrected chi connectivity index (χ0v) is 12.7. The number of benzene rings is 1. The van der Waals surface area contributed by atoms with E-state index in [4.69, 9.17) is 10.9 Å². The fourth-order valence-electron chi connectivity index (χ4n) is 2.70. The monoisotopic (exact) mass is 298 g/mol. The molecule has 0 spiro atoms. The molecule has 1 aliphatic heterocycles. The predicted octanol–water partition coefficient (Wildman–Crippen LogP) is 0.447. The molecule has 2 rings (SSSR count). The molecule has 1 aromatic carbocycles. The van der Waals surface area contributed by atoms with Gasteiger partial charge in [0, 0.05) is 19.1 Å². The first kappa shape index (κ1) is 15.1. The van der Waals surface area contributed by atoms with Crippen LogP contribution in [0.5, 0.6) is 0 Å². The Kier molecular flexibility index (Phi) is 4.22. The second-order valence-electron chi connectivity index (χ2n) is 5.42. The molecule has 6 nitrogen and oxygen atoms in total. The van der Waals surface area contributed by atoms with Crippen molar-refractivity contribution in [3.8, 4) is 0 Å². The van der Waals surface area contributed by atoms with Crippen molar-refractivity contribution in [2.24, 2.45) is 5.14 Å². The van der Waals surface area contributed by atoms with Crippen molar-refractivity contribution >= 4 is 21.4 Å². The molecule has 112 valence electrons. The van der Waals surface area contributed by atoms with Crippen molar-refractivity contribution in [3.63, 3.8) is 0 Å². The van der Waals surface area contributed by atoms with Gasteiger partial charge in [-0.05, 0) is 45.1 Å². The fourth-order valence-corrected chi connectivity index (χ4v) is 3.25. The van der Waals surface area contributed by atoms with E-state index in [1.165, 1.54) is 12.1 Å². The quantitative estimate of drug-likeness (QED) is 0.773. The molecule has 1 fully saturated rings. The van der Waals surface area contributed by atoms with Gasteiger partial charge < -0.3 is 15.5 Å². The zero-order valence-electron chi connectivity index (χ0n) is 11.9. The van der Waals surface area contributed by atoms with Gasteiger partial charge in [-0.25, -0.2) is 13.6 Å². The maximum absolute atomic E-state index is 11.3. The summed E-state index contributed by atoms with van der Waals surface area (Å²) < 4.78 is 22.7. The van der Waals surface area contributed by atoms with Crippen LogP contribution in [0.25, 0.3) is 0 Å². The molecular weight excluding hydrogens is 276 g/mol. The molecule has 1 saturated heterocycles. The lowest BCUT2D eigenvalue weighted by Gasteiger charge is -2.31. The van der Waals surface area contributed by atoms with Crippen molar-refractivity contribution in [2.75, 3.05) is 37.3 Å². The third-order valence-corrected chi connectivity index (χ3v) is 4.59. The molecule has 20 heavy (non-hydrogen) atoms. The normalized spacial score (nSPS) is 21.8. The molecule has 1 aromatic rings. The molecule has 0 bridgehead atoms. The Morgan fingerprint density at radius 3 is 2.60 bits per heavy atom. The lowest BCUT2D eigenvalue weighted by atomic mass is 10.2. The third-order valence-electron chi connectivity index (χ3n) is 3.68. The number of sulfonamides is 1. The van der Waals surface area contributed by atoms with Crippen LogP contribution in [0, 0.1) is 0 Å². The Hall–Kier alpha value is -1.31. The molecule has 0 radical (unpaired) electrons. The second-order valence-corrected chi connectivity index (χ2v) is 6.99. The van der Waals surface area contributed by atoms with E-state index >= 15 is 0 Å². The minimum atomic E-state index is -3.71. The first-order valence-corrected chi connectivity index (χ1v) is 8.21. The summed E-state index contributed by atoms with van der Waals surface area (Å²) in [5, 5.41) is 5.12. The molecule has 0 amide bonds. The highest BCUT2D eigenvalue weighted by Gasteiger charge is 2.22. The van der Waals surface area contributed by atoms with Gasteiger partial charge in [0.25, 0.3) is 0 Å². The summed E-state index contributed by atoms with van der Waals surface area (Å²) in [5.41, 5.74) is 7.35. The van der Waals surface area contributed by atoms with Gasteiger partial charge in [-0.15, -0.1) is 0 Å². The SMILES string of the molecule is CC1CN(C)CCCN1c1ccc(S(N)(=O)=O)cc1N.